The second kappa shape index (κ2) is 7.78. The summed E-state index contributed by atoms with van der Waals surface area (Å²) in [6, 6.07) is 9.36. The summed E-state index contributed by atoms with van der Waals surface area (Å²) < 4.78 is 0. The summed E-state index contributed by atoms with van der Waals surface area (Å²) >= 11 is 0. The van der Waals surface area contributed by atoms with E-state index in [1.54, 1.807) is 19.1 Å². The summed E-state index contributed by atoms with van der Waals surface area (Å²) in [6.07, 6.45) is 2.62. The maximum Gasteiger partial charge on any atom is 0.227 e. The number of fused-ring (bicyclic) bond motifs is 1. The summed E-state index contributed by atoms with van der Waals surface area (Å²) in [4.78, 5) is 13.9. The first-order valence-electron chi connectivity index (χ1n) is 9.42. The third-order valence-electron chi connectivity index (χ3n) is 4.92. The number of aryl methyl sites for hydroxylation is 1. The van der Waals surface area contributed by atoms with E-state index in [9.17, 15) is 9.90 Å². The van der Waals surface area contributed by atoms with E-state index in [4.69, 9.17) is 0 Å². The molecule has 0 aliphatic carbocycles. The van der Waals surface area contributed by atoms with Crippen LogP contribution in [0.15, 0.2) is 30.3 Å². The van der Waals surface area contributed by atoms with Crippen molar-refractivity contribution < 1.29 is 9.90 Å². The first-order chi connectivity index (χ1) is 12.9. The Morgan fingerprint density at radius 2 is 1.89 bits per heavy atom. The Bertz CT molecular complexity index is 978. The van der Waals surface area contributed by atoms with Gasteiger partial charge in [-0.3, -0.25) is 4.79 Å². The van der Waals surface area contributed by atoms with Crippen molar-refractivity contribution in [2.45, 2.75) is 47.0 Å². The summed E-state index contributed by atoms with van der Waals surface area (Å²) in [7, 11) is 0. The maximum atomic E-state index is 12.5. The zero-order valence-electron chi connectivity index (χ0n) is 16.3. The molecule has 1 aromatic heterocycles. The zero-order chi connectivity index (χ0) is 19.6. The monoisotopic (exact) mass is 366 g/mol. The second-order valence-corrected chi connectivity index (χ2v) is 6.97. The van der Waals surface area contributed by atoms with Crippen LogP contribution in [-0.4, -0.2) is 26.0 Å². The topological polar surface area (TPSA) is 80.0 Å². The molecule has 1 heterocycles. The minimum absolute atomic E-state index is 0.00646. The summed E-state index contributed by atoms with van der Waals surface area (Å²) in [5, 5.41) is 22.5. The van der Waals surface area contributed by atoms with Crippen LogP contribution in [0.4, 0.5) is 5.69 Å². The van der Waals surface area contributed by atoms with Gasteiger partial charge < -0.3 is 10.4 Å². The first-order valence-corrected chi connectivity index (χ1v) is 9.42. The van der Waals surface area contributed by atoms with E-state index >= 15 is 0 Å². The molecule has 0 aliphatic heterocycles. The molecular formula is C21H26N4O2. The second-order valence-electron chi connectivity index (χ2n) is 6.97. The molecule has 6 nitrogen and oxygen atoms in total. The maximum absolute atomic E-state index is 12.5. The number of aromatic nitrogens is 3. The molecule has 0 fully saturated rings. The number of benzene rings is 2. The van der Waals surface area contributed by atoms with Crippen LogP contribution < -0.4 is 5.32 Å². The predicted octanol–water partition coefficient (Wildman–Crippen LogP) is 4.51. The van der Waals surface area contributed by atoms with Crippen LogP contribution in [0.25, 0.3) is 16.7 Å². The van der Waals surface area contributed by atoms with Gasteiger partial charge in [-0.1, -0.05) is 26.3 Å². The Kier molecular flexibility index (Phi) is 5.44. The van der Waals surface area contributed by atoms with Gasteiger partial charge in [0.2, 0.25) is 5.91 Å². The average molecular weight is 366 g/mol. The molecule has 6 heteroatoms. The highest BCUT2D eigenvalue weighted by Crippen LogP contribution is 2.32. The van der Waals surface area contributed by atoms with Crippen molar-refractivity contribution in [3.05, 3.63) is 41.5 Å². The van der Waals surface area contributed by atoms with Gasteiger partial charge >= 0.3 is 0 Å². The van der Waals surface area contributed by atoms with Crippen LogP contribution in [-0.2, 0) is 4.79 Å². The third kappa shape index (κ3) is 3.79. The molecule has 3 rings (SSSR count). The fourth-order valence-electron chi connectivity index (χ4n) is 3.22. The molecule has 0 radical (unpaired) electrons. The van der Waals surface area contributed by atoms with Crippen molar-refractivity contribution >= 4 is 22.6 Å². The van der Waals surface area contributed by atoms with E-state index in [0.29, 0.717) is 16.9 Å². The third-order valence-corrected chi connectivity index (χ3v) is 4.92. The standard InChI is InChI=1S/C21H26N4O2/c1-5-7-15(6-2)21(27)22-16-10-11-19(20(26)14(16)4)25-23-17-9-8-13(3)12-18(17)24-25/h8-12,15,26H,5-7H2,1-4H3,(H,22,27). The van der Waals surface area contributed by atoms with Crippen LogP contribution in [0, 0.1) is 19.8 Å². The van der Waals surface area contributed by atoms with Gasteiger partial charge in [0.25, 0.3) is 0 Å². The van der Waals surface area contributed by atoms with Crippen LogP contribution >= 0.6 is 0 Å². The molecule has 3 aromatic rings. The lowest BCUT2D eigenvalue weighted by molar-refractivity contribution is -0.120. The van der Waals surface area contributed by atoms with Crippen molar-refractivity contribution in [2.75, 3.05) is 5.32 Å². The molecule has 0 bridgehead atoms. The molecule has 0 saturated carbocycles. The lowest BCUT2D eigenvalue weighted by Gasteiger charge is -2.16. The lowest BCUT2D eigenvalue weighted by Crippen LogP contribution is -2.22. The number of phenolic OH excluding ortho intramolecular Hbond substituents is 1. The van der Waals surface area contributed by atoms with Gasteiger partial charge in [0, 0.05) is 17.2 Å². The van der Waals surface area contributed by atoms with E-state index < -0.39 is 0 Å². The Morgan fingerprint density at radius 1 is 1.15 bits per heavy atom. The van der Waals surface area contributed by atoms with Gasteiger partial charge in [-0.05, 0) is 56.5 Å². The molecule has 2 N–H and O–H groups in total. The van der Waals surface area contributed by atoms with Crippen molar-refractivity contribution in [2.24, 2.45) is 5.92 Å². The molecular weight excluding hydrogens is 340 g/mol. The quantitative estimate of drug-likeness (QED) is 0.673. The number of amides is 1. The zero-order valence-corrected chi connectivity index (χ0v) is 16.3. The number of nitrogens with zero attached hydrogens (tertiary/aromatic N) is 3. The molecule has 1 amide bonds. The van der Waals surface area contributed by atoms with Gasteiger partial charge in [0.05, 0.1) is 0 Å². The summed E-state index contributed by atoms with van der Waals surface area (Å²) in [5.74, 6) is 0.0407. The molecule has 27 heavy (non-hydrogen) atoms. The minimum atomic E-state index is -0.0162. The van der Waals surface area contributed by atoms with Crippen molar-refractivity contribution in [1.29, 1.82) is 0 Å². The van der Waals surface area contributed by atoms with E-state index in [2.05, 4.69) is 22.4 Å². The number of aromatic hydroxyl groups is 1. The van der Waals surface area contributed by atoms with E-state index in [1.165, 1.54) is 4.80 Å². The predicted molar refractivity (Wildman–Crippen MR) is 107 cm³/mol. The van der Waals surface area contributed by atoms with Crippen molar-refractivity contribution in [3.8, 4) is 11.4 Å². The largest absolute Gasteiger partial charge is 0.505 e. The number of rotatable bonds is 6. The number of carbonyl (C=O) groups is 1. The number of hydrogen-bond acceptors (Lipinski definition) is 4. The number of nitrogens with one attached hydrogen (secondary N) is 1. The molecule has 1 atom stereocenters. The fourth-order valence-corrected chi connectivity index (χ4v) is 3.22. The highest BCUT2D eigenvalue weighted by atomic mass is 16.3. The van der Waals surface area contributed by atoms with Crippen LogP contribution in [0.1, 0.15) is 44.2 Å². The van der Waals surface area contributed by atoms with E-state index in [-0.39, 0.29) is 17.6 Å². The van der Waals surface area contributed by atoms with Gasteiger partial charge in [0.1, 0.15) is 22.5 Å². The Labute approximate surface area is 159 Å². The normalized spacial score (nSPS) is 12.3. The van der Waals surface area contributed by atoms with Crippen LogP contribution in [0.3, 0.4) is 0 Å². The van der Waals surface area contributed by atoms with Crippen molar-refractivity contribution in [1.82, 2.24) is 15.0 Å². The first kappa shape index (κ1) is 18.9. The number of carbonyl (C=O) groups excluding carboxylic acids is 1. The van der Waals surface area contributed by atoms with Gasteiger partial charge in [-0.2, -0.15) is 0 Å². The molecule has 1 unspecified atom stereocenters. The smallest absolute Gasteiger partial charge is 0.227 e. The summed E-state index contributed by atoms with van der Waals surface area (Å²) in [5.41, 5.74) is 4.34. The Hall–Kier alpha value is -2.89. The minimum Gasteiger partial charge on any atom is -0.505 e. The Morgan fingerprint density at radius 3 is 2.59 bits per heavy atom. The molecule has 0 saturated heterocycles. The Balaban J connectivity index is 1.91. The molecule has 0 spiro atoms. The van der Waals surface area contributed by atoms with Crippen molar-refractivity contribution in [3.63, 3.8) is 0 Å². The summed E-state index contributed by atoms with van der Waals surface area (Å²) in [6.45, 7) is 7.87. The molecule has 2 aromatic carbocycles. The van der Waals surface area contributed by atoms with Crippen LogP contribution in [0.2, 0.25) is 0 Å². The average Bonchev–Trinajstić information content (AvgIpc) is 3.06. The van der Waals surface area contributed by atoms with Gasteiger partial charge in [-0.15, -0.1) is 15.0 Å². The van der Waals surface area contributed by atoms with E-state index in [0.717, 1.165) is 35.9 Å². The number of anilines is 1. The molecule has 142 valence electrons. The lowest BCUT2D eigenvalue weighted by atomic mass is 9.99. The highest BCUT2D eigenvalue weighted by Gasteiger charge is 2.19. The highest BCUT2D eigenvalue weighted by molar-refractivity contribution is 5.93. The molecule has 0 aliphatic rings. The van der Waals surface area contributed by atoms with Gasteiger partial charge in [0.15, 0.2) is 0 Å². The number of hydrogen-bond donors (Lipinski definition) is 2. The fraction of sp³-hybridized carbons (Fsp3) is 0.381. The van der Waals surface area contributed by atoms with E-state index in [1.807, 2.05) is 32.0 Å². The SMILES string of the molecule is CCCC(CC)C(=O)Nc1ccc(-n2nc3ccc(C)cc3n2)c(O)c1C. The number of phenols is 1. The van der Waals surface area contributed by atoms with Crippen LogP contribution in [0.5, 0.6) is 5.75 Å². The van der Waals surface area contributed by atoms with Gasteiger partial charge in [-0.25, -0.2) is 0 Å².